The summed E-state index contributed by atoms with van der Waals surface area (Å²) in [5.74, 6) is -0.273. The Labute approximate surface area is 120 Å². The normalized spacial score (nSPS) is 10.7. The Morgan fingerprint density at radius 2 is 2.00 bits per heavy atom. The second kappa shape index (κ2) is 4.99. The molecule has 0 N–H and O–H groups in total. The molecule has 4 heteroatoms. The zero-order chi connectivity index (χ0) is 14.1. The Kier molecular flexibility index (Phi) is 3.17. The fourth-order valence-corrected chi connectivity index (χ4v) is 2.45. The molecule has 0 atom stereocenters. The minimum absolute atomic E-state index is 0.273. The van der Waals surface area contributed by atoms with Crippen LogP contribution in [0.3, 0.4) is 0 Å². The number of halogens is 2. The van der Waals surface area contributed by atoms with Gasteiger partial charge in [0.25, 0.3) is 0 Å². The lowest BCUT2D eigenvalue weighted by Gasteiger charge is -2.07. The molecule has 2 nitrogen and oxygen atoms in total. The highest BCUT2D eigenvalue weighted by Gasteiger charge is 2.07. The quantitative estimate of drug-likeness (QED) is 0.687. The van der Waals surface area contributed by atoms with Gasteiger partial charge in [-0.25, -0.2) is 4.39 Å². The summed E-state index contributed by atoms with van der Waals surface area (Å²) >= 11 is 5.90. The maximum Gasteiger partial charge on any atom is 0.128 e. The first-order valence-corrected chi connectivity index (χ1v) is 6.48. The molecular weight excluding hydrogens is 275 g/mol. The Balaban J connectivity index is 2.03. The van der Waals surface area contributed by atoms with Crippen molar-refractivity contribution in [3.63, 3.8) is 0 Å². The van der Waals surface area contributed by atoms with Crippen LogP contribution < -0.4 is 0 Å². The van der Waals surface area contributed by atoms with Crippen LogP contribution in [-0.4, -0.2) is 4.57 Å². The zero-order valence-corrected chi connectivity index (χ0v) is 11.2. The van der Waals surface area contributed by atoms with Gasteiger partial charge >= 0.3 is 0 Å². The van der Waals surface area contributed by atoms with Crippen LogP contribution in [0.15, 0.2) is 48.7 Å². The lowest BCUT2D eigenvalue weighted by atomic mass is 10.1. The molecule has 3 aromatic rings. The van der Waals surface area contributed by atoms with Crippen LogP contribution in [-0.2, 0) is 6.54 Å². The molecule has 3 rings (SSSR count). The van der Waals surface area contributed by atoms with E-state index in [1.54, 1.807) is 12.1 Å². The topological polar surface area (TPSA) is 28.7 Å². The van der Waals surface area contributed by atoms with Gasteiger partial charge < -0.3 is 4.57 Å². The Hall–Kier alpha value is -2.31. The number of hydrogen-bond acceptors (Lipinski definition) is 1. The van der Waals surface area contributed by atoms with Gasteiger partial charge in [-0.15, -0.1) is 0 Å². The lowest BCUT2D eigenvalue weighted by molar-refractivity contribution is 0.602. The van der Waals surface area contributed by atoms with Gasteiger partial charge in [0, 0.05) is 27.7 Å². The van der Waals surface area contributed by atoms with Gasteiger partial charge in [-0.3, -0.25) is 0 Å². The van der Waals surface area contributed by atoms with Crippen molar-refractivity contribution in [1.82, 2.24) is 4.57 Å². The van der Waals surface area contributed by atoms with Gasteiger partial charge in [-0.05, 0) is 42.5 Å². The van der Waals surface area contributed by atoms with Gasteiger partial charge in [0.2, 0.25) is 0 Å². The predicted octanol–water partition coefficient (Wildman–Crippen LogP) is 4.35. The van der Waals surface area contributed by atoms with Crippen molar-refractivity contribution in [1.29, 1.82) is 5.26 Å². The molecule has 0 fully saturated rings. The van der Waals surface area contributed by atoms with Crippen LogP contribution in [0.1, 0.15) is 11.1 Å². The molecule has 2 aromatic carbocycles. The summed E-state index contributed by atoms with van der Waals surface area (Å²) in [7, 11) is 0. The molecule has 0 aliphatic heterocycles. The molecule has 0 aliphatic rings. The maximum absolute atomic E-state index is 13.8. The third-order valence-corrected chi connectivity index (χ3v) is 3.48. The number of nitriles is 1. The van der Waals surface area contributed by atoms with Crippen molar-refractivity contribution in [3.8, 4) is 6.07 Å². The molecule has 20 heavy (non-hydrogen) atoms. The first-order valence-electron chi connectivity index (χ1n) is 6.10. The van der Waals surface area contributed by atoms with E-state index in [2.05, 4.69) is 6.07 Å². The number of nitrogens with zero attached hydrogens (tertiary/aromatic N) is 2. The highest BCUT2D eigenvalue weighted by atomic mass is 35.5. The molecule has 0 amide bonds. The summed E-state index contributed by atoms with van der Waals surface area (Å²) in [6, 6.07) is 14.0. The largest absolute Gasteiger partial charge is 0.343 e. The molecule has 0 saturated carbocycles. The number of hydrogen-bond donors (Lipinski definition) is 0. The third kappa shape index (κ3) is 2.26. The van der Waals surface area contributed by atoms with Gasteiger partial charge in [0.15, 0.2) is 0 Å². The molecule has 0 spiro atoms. The average molecular weight is 285 g/mol. The molecule has 1 heterocycles. The van der Waals surface area contributed by atoms with Gasteiger partial charge in [-0.2, -0.15) is 5.26 Å². The molecule has 98 valence electrons. The highest BCUT2D eigenvalue weighted by molar-refractivity contribution is 6.30. The van der Waals surface area contributed by atoms with Crippen LogP contribution in [0.2, 0.25) is 5.02 Å². The van der Waals surface area contributed by atoms with Gasteiger partial charge in [-0.1, -0.05) is 11.6 Å². The van der Waals surface area contributed by atoms with E-state index in [4.69, 9.17) is 16.9 Å². The van der Waals surface area contributed by atoms with E-state index in [1.807, 2.05) is 29.0 Å². The molecule has 0 radical (unpaired) electrons. The van der Waals surface area contributed by atoms with Crippen molar-refractivity contribution < 1.29 is 4.39 Å². The van der Waals surface area contributed by atoms with Crippen molar-refractivity contribution in [2.24, 2.45) is 0 Å². The molecule has 0 bridgehead atoms. The summed E-state index contributed by atoms with van der Waals surface area (Å²) in [6.07, 6.45) is 1.88. The van der Waals surface area contributed by atoms with E-state index in [0.717, 1.165) is 10.9 Å². The van der Waals surface area contributed by atoms with Crippen molar-refractivity contribution in [2.75, 3.05) is 0 Å². The summed E-state index contributed by atoms with van der Waals surface area (Å²) in [6.45, 7) is 0.405. The van der Waals surface area contributed by atoms with E-state index >= 15 is 0 Å². The molecule has 0 unspecified atom stereocenters. The van der Waals surface area contributed by atoms with Crippen molar-refractivity contribution in [3.05, 3.63) is 70.6 Å². The van der Waals surface area contributed by atoms with Crippen molar-refractivity contribution in [2.45, 2.75) is 6.54 Å². The van der Waals surface area contributed by atoms with Gasteiger partial charge in [0.05, 0.1) is 18.2 Å². The van der Waals surface area contributed by atoms with Crippen LogP contribution in [0.4, 0.5) is 4.39 Å². The maximum atomic E-state index is 13.8. The highest BCUT2D eigenvalue weighted by Crippen LogP contribution is 2.21. The van der Waals surface area contributed by atoms with Crippen LogP contribution >= 0.6 is 11.6 Å². The van der Waals surface area contributed by atoms with Crippen LogP contribution in [0.5, 0.6) is 0 Å². The summed E-state index contributed by atoms with van der Waals surface area (Å²) in [5, 5.41) is 10.4. The summed E-state index contributed by atoms with van der Waals surface area (Å²) in [5.41, 5.74) is 2.12. The first kappa shape index (κ1) is 12.7. The minimum Gasteiger partial charge on any atom is -0.343 e. The Morgan fingerprint density at radius 3 is 2.80 bits per heavy atom. The standard InChI is InChI=1S/C16H10ClFN2/c17-14-2-3-15(18)13(8-14)10-20-6-5-12-7-11(9-19)1-4-16(12)20/h1-8H,10H2. The van der Waals surface area contributed by atoms with Gasteiger partial charge in [0.1, 0.15) is 5.82 Å². The fraction of sp³-hybridized carbons (Fsp3) is 0.0625. The SMILES string of the molecule is N#Cc1ccc2c(ccn2Cc2cc(Cl)ccc2F)c1. The van der Waals surface area contributed by atoms with Crippen LogP contribution in [0.25, 0.3) is 10.9 Å². The molecule has 0 aliphatic carbocycles. The van der Waals surface area contributed by atoms with E-state index in [-0.39, 0.29) is 5.82 Å². The number of aromatic nitrogens is 1. The Morgan fingerprint density at radius 1 is 1.15 bits per heavy atom. The van der Waals surface area contributed by atoms with E-state index in [9.17, 15) is 4.39 Å². The summed E-state index contributed by atoms with van der Waals surface area (Å²) < 4.78 is 15.7. The Bertz CT molecular complexity index is 830. The second-order valence-corrected chi connectivity index (χ2v) is 5.00. The average Bonchev–Trinajstić information content (AvgIpc) is 2.85. The van der Waals surface area contributed by atoms with E-state index < -0.39 is 0 Å². The number of benzene rings is 2. The van der Waals surface area contributed by atoms with Crippen LogP contribution in [0, 0.1) is 17.1 Å². The summed E-state index contributed by atoms with van der Waals surface area (Å²) in [4.78, 5) is 0. The second-order valence-electron chi connectivity index (χ2n) is 4.56. The molecule has 1 aromatic heterocycles. The smallest absolute Gasteiger partial charge is 0.128 e. The van der Waals surface area contributed by atoms with E-state index in [0.29, 0.717) is 22.7 Å². The van der Waals surface area contributed by atoms with Crippen molar-refractivity contribution >= 4 is 22.5 Å². The van der Waals surface area contributed by atoms with E-state index in [1.165, 1.54) is 12.1 Å². The zero-order valence-electron chi connectivity index (χ0n) is 10.5. The monoisotopic (exact) mass is 284 g/mol. The number of rotatable bonds is 2. The lowest BCUT2D eigenvalue weighted by Crippen LogP contribution is -2.00. The third-order valence-electron chi connectivity index (χ3n) is 3.25. The minimum atomic E-state index is -0.273. The predicted molar refractivity (Wildman–Crippen MR) is 77.2 cm³/mol. The first-order chi connectivity index (χ1) is 9.67. The number of fused-ring (bicyclic) bond motifs is 1. The fourth-order valence-electron chi connectivity index (χ4n) is 2.26. The molecular formula is C16H10ClFN2. The molecule has 0 saturated heterocycles.